The summed E-state index contributed by atoms with van der Waals surface area (Å²) in [5.41, 5.74) is 2.76. The molecular weight excluding hydrogens is 382 g/mol. The number of ether oxygens (including phenoxy) is 1. The van der Waals surface area contributed by atoms with Gasteiger partial charge < -0.3 is 19.1 Å². The van der Waals surface area contributed by atoms with Gasteiger partial charge in [-0.2, -0.15) is 0 Å². The molecule has 0 amide bonds. The molecule has 5 rings (SSSR count). The summed E-state index contributed by atoms with van der Waals surface area (Å²) >= 11 is 0. The van der Waals surface area contributed by atoms with E-state index in [1.165, 1.54) is 0 Å². The zero-order chi connectivity index (χ0) is 20.3. The van der Waals surface area contributed by atoms with E-state index >= 15 is 0 Å². The van der Waals surface area contributed by atoms with Crippen molar-refractivity contribution in [3.05, 3.63) is 42.1 Å². The van der Waals surface area contributed by atoms with Crippen LogP contribution in [-0.2, 0) is 4.74 Å². The number of aryl methyl sites for hydroxylation is 1. The molecule has 1 atom stereocenters. The third-order valence-corrected chi connectivity index (χ3v) is 5.64. The fourth-order valence-electron chi connectivity index (χ4n) is 4.13. The Morgan fingerprint density at radius 2 is 1.83 bits per heavy atom. The molecule has 0 N–H and O–H groups in total. The van der Waals surface area contributed by atoms with Crippen molar-refractivity contribution in [1.82, 2.24) is 25.1 Å². The predicted molar refractivity (Wildman–Crippen MR) is 112 cm³/mol. The van der Waals surface area contributed by atoms with Crippen LogP contribution in [0.5, 0.6) is 0 Å². The van der Waals surface area contributed by atoms with E-state index < -0.39 is 0 Å². The highest BCUT2D eigenvalue weighted by Gasteiger charge is 2.29. The van der Waals surface area contributed by atoms with Gasteiger partial charge >= 0.3 is 0 Å². The lowest BCUT2D eigenvalue weighted by Gasteiger charge is -2.33. The third-order valence-electron chi connectivity index (χ3n) is 5.64. The standard InChI is InChI=1S/C21H25N7O2/c1-15-12-18(30-26-15)17-13-24-21(27-8-10-29-11-9-27)25-19(17)16-4-2-7-28(14-16)20-22-5-3-6-23-20/h3,5-6,12-13,16H,2,4,7-11,14H2,1H3/t16-/m0/s1. The summed E-state index contributed by atoms with van der Waals surface area (Å²) in [6, 6.07) is 3.78. The van der Waals surface area contributed by atoms with Gasteiger partial charge in [0, 0.05) is 56.8 Å². The van der Waals surface area contributed by atoms with Gasteiger partial charge in [-0.3, -0.25) is 0 Å². The van der Waals surface area contributed by atoms with E-state index in [2.05, 4.69) is 29.9 Å². The lowest BCUT2D eigenvalue weighted by Crippen LogP contribution is -2.38. The first-order valence-electron chi connectivity index (χ1n) is 10.4. The van der Waals surface area contributed by atoms with Crippen LogP contribution in [0.25, 0.3) is 11.3 Å². The molecule has 0 radical (unpaired) electrons. The smallest absolute Gasteiger partial charge is 0.225 e. The van der Waals surface area contributed by atoms with Crippen LogP contribution in [0.2, 0.25) is 0 Å². The van der Waals surface area contributed by atoms with Crippen molar-refractivity contribution in [1.29, 1.82) is 0 Å². The Morgan fingerprint density at radius 1 is 1.00 bits per heavy atom. The predicted octanol–water partition coefficient (Wildman–Crippen LogP) is 2.45. The molecular formula is C21H25N7O2. The van der Waals surface area contributed by atoms with Crippen molar-refractivity contribution < 1.29 is 9.26 Å². The highest BCUT2D eigenvalue weighted by molar-refractivity contribution is 5.62. The second kappa shape index (κ2) is 8.35. The van der Waals surface area contributed by atoms with Crippen LogP contribution >= 0.6 is 0 Å². The number of morpholine rings is 1. The molecule has 156 valence electrons. The van der Waals surface area contributed by atoms with E-state index in [4.69, 9.17) is 14.2 Å². The van der Waals surface area contributed by atoms with Crippen LogP contribution in [0.4, 0.5) is 11.9 Å². The minimum Gasteiger partial charge on any atom is -0.378 e. The average molecular weight is 407 g/mol. The lowest BCUT2D eigenvalue weighted by atomic mass is 9.91. The van der Waals surface area contributed by atoms with Gasteiger partial charge in [0.1, 0.15) is 0 Å². The Kier molecular flexibility index (Phi) is 5.27. The van der Waals surface area contributed by atoms with Crippen LogP contribution < -0.4 is 9.80 Å². The Bertz CT molecular complexity index is 988. The molecule has 0 spiro atoms. The van der Waals surface area contributed by atoms with E-state index in [-0.39, 0.29) is 5.92 Å². The highest BCUT2D eigenvalue weighted by Crippen LogP contribution is 2.35. The number of piperidine rings is 1. The van der Waals surface area contributed by atoms with Crippen molar-refractivity contribution in [2.24, 2.45) is 0 Å². The minimum absolute atomic E-state index is 0.228. The van der Waals surface area contributed by atoms with Gasteiger partial charge in [0.25, 0.3) is 0 Å². The van der Waals surface area contributed by atoms with Gasteiger partial charge in [-0.1, -0.05) is 5.16 Å². The first kappa shape index (κ1) is 18.9. The molecule has 2 aliphatic rings. The van der Waals surface area contributed by atoms with E-state index in [0.717, 1.165) is 67.9 Å². The van der Waals surface area contributed by atoms with Crippen molar-refractivity contribution in [3.8, 4) is 11.3 Å². The van der Waals surface area contributed by atoms with Gasteiger partial charge in [0.15, 0.2) is 5.76 Å². The van der Waals surface area contributed by atoms with Crippen molar-refractivity contribution >= 4 is 11.9 Å². The summed E-state index contributed by atoms with van der Waals surface area (Å²) in [5.74, 6) is 2.46. The van der Waals surface area contributed by atoms with Crippen LogP contribution in [0, 0.1) is 6.92 Å². The minimum atomic E-state index is 0.228. The van der Waals surface area contributed by atoms with E-state index in [9.17, 15) is 0 Å². The maximum atomic E-state index is 5.58. The summed E-state index contributed by atoms with van der Waals surface area (Å²) in [5, 5.41) is 4.07. The van der Waals surface area contributed by atoms with Crippen molar-refractivity contribution in [2.75, 3.05) is 49.2 Å². The number of aromatic nitrogens is 5. The van der Waals surface area contributed by atoms with Crippen molar-refractivity contribution in [2.45, 2.75) is 25.7 Å². The molecule has 9 heteroatoms. The SMILES string of the molecule is Cc1cc(-c2cnc(N3CCOCC3)nc2[C@H]2CCCN(c3ncccn3)C2)on1. The Balaban J connectivity index is 1.50. The van der Waals surface area contributed by atoms with Crippen molar-refractivity contribution in [3.63, 3.8) is 0 Å². The molecule has 2 fully saturated rings. The highest BCUT2D eigenvalue weighted by atomic mass is 16.5. The average Bonchev–Trinajstić information content (AvgIpc) is 3.26. The molecule has 5 heterocycles. The Labute approximate surface area is 175 Å². The number of rotatable bonds is 4. The molecule has 0 aromatic carbocycles. The summed E-state index contributed by atoms with van der Waals surface area (Å²) in [4.78, 5) is 23.0. The first-order valence-corrected chi connectivity index (χ1v) is 10.4. The third kappa shape index (κ3) is 3.85. The zero-order valence-electron chi connectivity index (χ0n) is 17.1. The molecule has 0 unspecified atom stereocenters. The molecule has 9 nitrogen and oxygen atoms in total. The summed E-state index contributed by atoms with van der Waals surface area (Å²) in [7, 11) is 0. The molecule has 0 saturated carbocycles. The number of hydrogen-bond donors (Lipinski definition) is 0. The summed E-state index contributed by atoms with van der Waals surface area (Å²) in [6.45, 7) is 6.67. The molecule has 0 bridgehead atoms. The van der Waals surface area contributed by atoms with Crippen LogP contribution in [0.1, 0.15) is 30.1 Å². The molecule has 3 aromatic rings. The fourth-order valence-corrected chi connectivity index (χ4v) is 4.13. The molecule has 3 aromatic heterocycles. The molecule has 30 heavy (non-hydrogen) atoms. The molecule has 2 saturated heterocycles. The topological polar surface area (TPSA) is 93.3 Å². The van der Waals surface area contributed by atoms with Gasteiger partial charge in [0.2, 0.25) is 11.9 Å². The monoisotopic (exact) mass is 407 g/mol. The Hall–Kier alpha value is -3.07. The van der Waals surface area contributed by atoms with E-state index in [1.807, 2.05) is 25.3 Å². The second-order valence-electron chi connectivity index (χ2n) is 7.73. The van der Waals surface area contributed by atoms with Crippen LogP contribution in [0.15, 0.2) is 35.2 Å². The Morgan fingerprint density at radius 3 is 2.60 bits per heavy atom. The second-order valence-corrected chi connectivity index (χ2v) is 7.73. The van der Waals surface area contributed by atoms with Crippen LogP contribution in [0.3, 0.4) is 0 Å². The number of anilines is 2. The van der Waals surface area contributed by atoms with Gasteiger partial charge in [-0.25, -0.2) is 19.9 Å². The largest absolute Gasteiger partial charge is 0.378 e. The van der Waals surface area contributed by atoms with Gasteiger partial charge in [-0.05, 0) is 25.8 Å². The van der Waals surface area contributed by atoms with Crippen LogP contribution in [-0.4, -0.2) is 64.5 Å². The van der Waals surface area contributed by atoms with Gasteiger partial charge in [0.05, 0.1) is 30.2 Å². The summed E-state index contributed by atoms with van der Waals surface area (Å²) < 4.78 is 11.1. The lowest BCUT2D eigenvalue weighted by molar-refractivity contribution is 0.122. The first-order chi connectivity index (χ1) is 14.8. The van der Waals surface area contributed by atoms with E-state index in [1.54, 1.807) is 12.4 Å². The number of hydrogen-bond acceptors (Lipinski definition) is 9. The zero-order valence-corrected chi connectivity index (χ0v) is 17.1. The maximum absolute atomic E-state index is 5.58. The quantitative estimate of drug-likeness (QED) is 0.646. The molecule has 2 aliphatic heterocycles. The molecule has 0 aliphatic carbocycles. The van der Waals surface area contributed by atoms with Gasteiger partial charge in [-0.15, -0.1) is 0 Å². The fraction of sp³-hybridized carbons (Fsp3) is 0.476. The normalized spacial score (nSPS) is 19.8. The number of nitrogens with zero attached hydrogens (tertiary/aromatic N) is 7. The summed E-state index contributed by atoms with van der Waals surface area (Å²) in [6.07, 6.45) is 7.55. The maximum Gasteiger partial charge on any atom is 0.225 e. The van der Waals surface area contributed by atoms with E-state index in [0.29, 0.717) is 19.0 Å².